The molecule has 0 aromatic rings. The summed E-state index contributed by atoms with van der Waals surface area (Å²) in [5.41, 5.74) is 0. The molecule has 1 fully saturated rings. The Hall–Kier alpha value is -0.465. The van der Waals surface area contributed by atoms with Crippen LogP contribution in [0.15, 0.2) is 0 Å². The number of rotatable bonds is 0. The molecule has 0 saturated carbocycles. The largest absolute Gasteiger partial charge is 0.394 e. The van der Waals surface area contributed by atoms with Crippen molar-refractivity contribution < 1.29 is 4.79 Å². The van der Waals surface area contributed by atoms with E-state index in [-0.39, 0.29) is 11.9 Å². The Morgan fingerprint density at radius 2 is 2.44 bits per heavy atom. The highest BCUT2D eigenvalue weighted by molar-refractivity contribution is 6.14. The Labute approximate surface area is 56.7 Å². The summed E-state index contributed by atoms with van der Waals surface area (Å²) < 4.78 is 0. The first-order chi connectivity index (χ1) is 4.22. The van der Waals surface area contributed by atoms with Gasteiger partial charge in [-0.15, -0.1) is 0 Å². The summed E-state index contributed by atoms with van der Waals surface area (Å²) in [4.78, 5) is 12.1. The molecule has 0 N–H and O–H groups in total. The van der Waals surface area contributed by atoms with Crippen molar-refractivity contribution in [3.63, 3.8) is 0 Å². The van der Waals surface area contributed by atoms with E-state index in [1.54, 1.807) is 0 Å². The first-order valence-corrected chi connectivity index (χ1v) is 3.28. The zero-order valence-corrected chi connectivity index (χ0v) is 5.63. The van der Waals surface area contributed by atoms with Crippen LogP contribution in [0.2, 0.25) is 0 Å². The maximum atomic E-state index is 10.8. The molecule has 0 bridgehead atoms. The third kappa shape index (κ3) is 1.26. The predicted octanol–water partition coefficient (Wildman–Crippen LogP) is 0.471. The topological polar surface area (TPSA) is 20.3 Å². The van der Waals surface area contributed by atoms with Crippen LogP contribution in [0.3, 0.4) is 0 Å². The second-order valence-corrected chi connectivity index (χ2v) is 2.54. The zero-order valence-electron chi connectivity index (χ0n) is 5.63. The van der Waals surface area contributed by atoms with Crippen LogP contribution in [0.25, 0.3) is 0 Å². The van der Waals surface area contributed by atoms with Gasteiger partial charge in [-0.25, -0.2) is 0 Å². The third-order valence-electron chi connectivity index (χ3n) is 1.78. The van der Waals surface area contributed by atoms with Crippen LogP contribution in [0.5, 0.6) is 0 Å². The summed E-state index contributed by atoms with van der Waals surface area (Å²) in [6.07, 6.45) is 2.66. The Balaban J connectivity index is 2.51. The van der Waals surface area contributed by atoms with Crippen LogP contribution >= 0.6 is 0 Å². The maximum absolute atomic E-state index is 10.8. The molecule has 1 saturated heterocycles. The molecule has 1 aliphatic rings. The Morgan fingerprint density at radius 3 is 2.89 bits per heavy atom. The molecule has 2 nitrogen and oxygen atoms in total. The molecule has 1 amide bonds. The molecule has 2 radical (unpaired) electrons. The van der Waals surface area contributed by atoms with E-state index >= 15 is 0 Å². The zero-order chi connectivity index (χ0) is 6.85. The molecule has 1 heterocycles. The van der Waals surface area contributed by atoms with Gasteiger partial charge in [-0.05, 0) is 19.8 Å². The van der Waals surface area contributed by atoms with Crippen LogP contribution in [-0.4, -0.2) is 24.7 Å². The standard InChI is InChI=1S/C6H10BNO/c1-5-3-2-4-6(9)8(5)7/h5H,2-4H2,1H3. The van der Waals surface area contributed by atoms with Gasteiger partial charge in [-0.1, -0.05) is 0 Å². The quantitative estimate of drug-likeness (QED) is 0.428. The van der Waals surface area contributed by atoms with Crippen LogP contribution in [0, 0.1) is 0 Å². The van der Waals surface area contributed by atoms with E-state index in [2.05, 4.69) is 0 Å². The fourth-order valence-electron chi connectivity index (χ4n) is 1.06. The average molecular weight is 123 g/mol. The minimum absolute atomic E-state index is 0.0775. The van der Waals surface area contributed by atoms with Gasteiger partial charge in [0.15, 0.2) is 0 Å². The number of hydrogen-bond acceptors (Lipinski definition) is 1. The van der Waals surface area contributed by atoms with Gasteiger partial charge in [0, 0.05) is 12.5 Å². The SMILES string of the molecule is [B]N1C(=O)CCCC1C. The van der Waals surface area contributed by atoms with Gasteiger partial charge in [0.25, 0.3) is 0 Å². The Morgan fingerprint density at radius 1 is 1.78 bits per heavy atom. The minimum Gasteiger partial charge on any atom is -0.394 e. The van der Waals surface area contributed by atoms with Crippen molar-refractivity contribution in [2.24, 2.45) is 0 Å². The number of piperidine rings is 1. The first-order valence-electron chi connectivity index (χ1n) is 3.28. The molecule has 0 aliphatic carbocycles. The van der Waals surface area contributed by atoms with Crippen LogP contribution in [-0.2, 0) is 4.79 Å². The summed E-state index contributed by atoms with van der Waals surface area (Å²) in [6, 6.07) is 0.242. The lowest BCUT2D eigenvalue weighted by atomic mass is 10.00. The molecule has 9 heavy (non-hydrogen) atoms. The molecule has 1 aliphatic heterocycles. The number of nitrogens with zero attached hydrogens (tertiary/aromatic N) is 1. The molecule has 48 valence electrons. The molecule has 1 unspecified atom stereocenters. The second kappa shape index (κ2) is 2.42. The van der Waals surface area contributed by atoms with Gasteiger partial charge >= 0.3 is 0 Å². The van der Waals surface area contributed by atoms with Gasteiger partial charge in [0.05, 0.1) is 0 Å². The predicted molar refractivity (Wildman–Crippen MR) is 35.9 cm³/mol. The normalized spacial score (nSPS) is 28.8. The lowest BCUT2D eigenvalue weighted by molar-refractivity contribution is -0.129. The van der Waals surface area contributed by atoms with Crippen LogP contribution in [0.1, 0.15) is 26.2 Å². The summed E-state index contributed by atoms with van der Waals surface area (Å²) in [6.45, 7) is 1.97. The molecule has 1 atom stereocenters. The van der Waals surface area contributed by atoms with Crippen molar-refractivity contribution in [3.8, 4) is 0 Å². The van der Waals surface area contributed by atoms with Crippen molar-refractivity contribution >= 4 is 13.9 Å². The number of carbonyl (C=O) groups excluding carboxylic acids is 1. The highest BCUT2D eigenvalue weighted by Crippen LogP contribution is 2.14. The van der Waals surface area contributed by atoms with E-state index < -0.39 is 0 Å². The Bertz CT molecular complexity index is 126. The fraction of sp³-hybridized carbons (Fsp3) is 0.833. The van der Waals surface area contributed by atoms with Crippen molar-refractivity contribution in [1.29, 1.82) is 0 Å². The molecule has 0 spiro atoms. The van der Waals surface area contributed by atoms with E-state index in [0.717, 1.165) is 12.8 Å². The number of carbonyl (C=O) groups is 1. The van der Waals surface area contributed by atoms with Crippen molar-refractivity contribution in [3.05, 3.63) is 0 Å². The molecule has 0 aromatic carbocycles. The summed E-state index contributed by atoms with van der Waals surface area (Å²) >= 11 is 0. The van der Waals surface area contributed by atoms with E-state index in [4.69, 9.17) is 7.98 Å². The van der Waals surface area contributed by atoms with Crippen molar-refractivity contribution in [2.75, 3.05) is 0 Å². The highest BCUT2D eigenvalue weighted by Gasteiger charge is 2.19. The number of hydrogen-bond donors (Lipinski definition) is 0. The summed E-state index contributed by atoms with van der Waals surface area (Å²) in [7, 11) is 5.41. The summed E-state index contributed by atoms with van der Waals surface area (Å²) in [5.74, 6) is 0.0775. The smallest absolute Gasteiger partial charge is 0.230 e. The van der Waals surface area contributed by atoms with Crippen molar-refractivity contribution in [1.82, 2.24) is 4.81 Å². The fourth-order valence-corrected chi connectivity index (χ4v) is 1.06. The minimum atomic E-state index is 0.0775. The third-order valence-corrected chi connectivity index (χ3v) is 1.78. The van der Waals surface area contributed by atoms with Crippen molar-refractivity contribution in [2.45, 2.75) is 32.2 Å². The van der Waals surface area contributed by atoms with E-state index in [1.165, 1.54) is 4.81 Å². The van der Waals surface area contributed by atoms with Crippen LogP contribution < -0.4 is 0 Å². The molecular formula is C6H10BNO. The molecule has 1 rings (SSSR count). The van der Waals surface area contributed by atoms with Crippen LogP contribution in [0.4, 0.5) is 0 Å². The van der Waals surface area contributed by atoms with Gasteiger partial charge < -0.3 is 4.81 Å². The number of amides is 1. The van der Waals surface area contributed by atoms with Gasteiger partial charge in [0.1, 0.15) is 0 Å². The van der Waals surface area contributed by atoms with Gasteiger partial charge in [-0.3, -0.25) is 4.79 Å². The lowest BCUT2D eigenvalue weighted by Gasteiger charge is -2.30. The Kier molecular flexibility index (Phi) is 1.79. The van der Waals surface area contributed by atoms with E-state index in [9.17, 15) is 4.79 Å². The monoisotopic (exact) mass is 123 g/mol. The average Bonchev–Trinajstić information content (AvgIpc) is 1.83. The lowest BCUT2D eigenvalue weighted by Crippen LogP contribution is -2.39. The maximum Gasteiger partial charge on any atom is 0.230 e. The van der Waals surface area contributed by atoms with Gasteiger partial charge in [-0.2, -0.15) is 0 Å². The van der Waals surface area contributed by atoms with Gasteiger partial charge in [0.2, 0.25) is 13.9 Å². The molecule has 0 aromatic heterocycles. The molecule has 3 heteroatoms. The second-order valence-electron chi connectivity index (χ2n) is 2.54. The highest BCUT2D eigenvalue weighted by atomic mass is 16.2. The molecular weight excluding hydrogens is 113 g/mol. The van der Waals surface area contributed by atoms with E-state index in [0.29, 0.717) is 6.42 Å². The first kappa shape index (κ1) is 6.65. The van der Waals surface area contributed by atoms with E-state index in [1.807, 2.05) is 6.92 Å². The summed E-state index contributed by atoms with van der Waals surface area (Å²) in [5, 5.41) is 0.